The maximum absolute atomic E-state index is 12.5. The molecule has 0 aliphatic heterocycles. The van der Waals surface area contributed by atoms with Crippen LogP contribution in [0.15, 0.2) is 30.3 Å². The molecule has 4 N–H and O–H groups in total. The van der Waals surface area contributed by atoms with Crippen LogP contribution >= 0.6 is 0 Å². The fraction of sp³-hybridized carbons (Fsp3) is 0.471. The van der Waals surface area contributed by atoms with Crippen molar-refractivity contribution in [3.05, 3.63) is 35.9 Å². The Labute approximate surface area is 140 Å². The number of carboxylic acids is 1. The fourth-order valence-electron chi connectivity index (χ4n) is 2.82. The van der Waals surface area contributed by atoms with Crippen molar-refractivity contribution in [1.29, 1.82) is 0 Å². The van der Waals surface area contributed by atoms with E-state index in [1.165, 1.54) is 6.92 Å². The number of urea groups is 1. The number of hydrogen-bond acceptors (Lipinski definition) is 3. The molecule has 0 unspecified atom stereocenters. The molecule has 0 saturated heterocycles. The van der Waals surface area contributed by atoms with Crippen LogP contribution in [0.3, 0.4) is 0 Å². The van der Waals surface area contributed by atoms with Crippen molar-refractivity contribution in [2.24, 2.45) is 0 Å². The van der Waals surface area contributed by atoms with E-state index in [0.29, 0.717) is 19.4 Å². The lowest BCUT2D eigenvalue weighted by molar-refractivity contribution is -0.142. The Morgan fingerprint density at radius 2 is 1.79 bits per heavy atom. The molecule has 1 aliphatic carbocycles. The number of nitrogens with one attached hydrogen (secondary N) is 3. The first-order valence-corrected chi connectivity index (χ1v) is 8.07. The van der Waals surface area contributed by atoms with Gasteiger partial charge >= 0.3 is 12.0 Å². The molecule has 24 heavy (non-hydrogen) atoms. The lowest BCUT2D eigenvalue weighted by Crippen LogP contribution is -2.61. The molecule has 1 aliphatic rings. The van der Waals surface area contributed by atoms with Crippen molar-refractivity contribution in [3.8, 4) is 0 Å². The van der Waals surface area contributed by atoms with Gasteiger partial charge in [0.25, 0.3) is 0 Å². The van der Waals surface area contributed by atoms with Crippen LogP contribution in [-0.4, -0.2) is 34.6 Å². The van der Waals surface area contributed by atoms with Gasteiger partial charge in [-0.1, -0.05) is 43.2 Å². The number of amides is 3. The highest BCUT2D eigenvalue weighted by Gasteiger charge is 2.43. The van der Waals surface area contributed by atoms with Crippen LogP contribution in [-0.2, 0) is 16.1 Å². The maximum atomic E-state index is 12.5. The monoisotopic (exact) mass is 333 g/mol. The van der Waals surface area contributed by atoms with E-state index in [-0.39, 0.29) is 0 Å². The number of carbonyl (C=O) groups is 3. The van der Waals surface area contributed by atoms with Crippen molar-refractivity contribution >= 4 is 17.9 Å². The number of carbonyl (C=O) groups excluding carboxylic acids is 2. The number of rotatable bonds is 6. The molecule has 1 atom stereocenters. The summed E-state index contributed by atoms with van der Waals surface area (Å²) in [6, 6.07) is 8.02. The summed E-state index contributed by atoms with van der Waals surface area (Å²) in [5, 5.41) is 16.9. The first kappa shape index (κ1) is 17.8. The summed E-state index contributed by atoms with van der Waals surface area (Å²) in [4.78, 5) is 35.6. The average Bonchev–Trinajstić information content (AvgIpc) is 3.03. The summed E-state index contributed by atoms with van der Waals surface area (Å²) in [5.41, 5.74) is -0.0816. The normalized spacial score (nSPS) is 16.9. The molecule has 1 aromatic carbocycles. The summed E-state index contributed by atoms with van der Waals surface area (Å²) >= 11 is 0. The molecule has 130 valence electrons. The molecular formula is C17H23N3O4. The van der Waals surface area contributed by atoms with Crippen LogP contribution in [0.25, 0.3) is 0 Å². The largest absolute Gasteiger partial charge is 0.480 e. The molecular weight excluding hydrogens is 310 g/mol. The highest BCUT2D eigenvalue weighted by atomic mass is 16.4. The van der Waals surface area contributed by atoms with Crippen molar-refractivity contribution in [2.75, 3.05) is 0 Å². The highest BCUT2D eigenvalue weighted by Crippen LogP contribution is 2.30. The summed E-state index contributed by atoms with van der Waals surface area (Å²) in [7, 11) is 0. The van der Waals surface area contributed by atoms with Gasteiger partial charge in [0.1, 0.15) is 11.6 Å². The van der Waals surface area contributed by atoms with Crippen molar-refractivity contribution in [2.45, 2.75) is 50.7 Å². The molecule has 3 amide bonds. The predicted octanol–water partition coefficient (Wildman–Crippen LogP) is 1.39. The van der Waals surface area contributed by atoms with Crippen LogP contribution in [0.4, 0.5) is 4.79 Å². The molecule has 1 aromatic rings. The van der Waals surface area contributed by atoms with Gasteiger partial charge in [-0.05, 0) is 25.3 Å². The SMILES string of the molecule is C[C@H](NC(=O)C1(NC(=O)NCc2ccccc2)CCCC1)C(=O)O. The van der Waals surface area contributed by atoms with E-state index in [2.05, 4.69) is 16.0 Å². The van der Waals surface area contributed by atoms with E-state index in [0.717, 1.165) is 18.4 Å². The van der Waals surface area contributed by atoms with E-state index < -0.39 is 29.5 Å². The zero-order valence-electron chi connectivity index (χ0n) is 13.7. The topological polar surface area (TPSA) is 108 Å². The summed E-state index contributed by atoms with van der Waals surface area (Å²) in [6.07, 6.45) is 2.63. The van der Waals surface area contributed by atoms with Crippen LogP contribution in [0.2, 0.25) is 0 Å². The molecule has 0 bridgehead atoms. The van der Waals surface area contributed by atoms with Gasteiger partial charge in [-0.3, -0.25) is 9.59 Å². The van der Waals surface area contributed by atoms with Gasteiger partial charge in [0.15, 0.2) is 0 Å². The van der Waals surface area contributed by atoms with Crippen molar-refractivity contribution in [1.82, 2.24) is 16.0 Å². The number of aliphatic carboxylic acids is 1. The quantitative estimate of drug-likeness (QED) is 0.631. The Kier molecular flexibility index (Phi) is 5.78. The molecule has 1 fully saturated rings. The van der Waals surface area contributed by atoms with Gasteiger partial charge < -0.3 is 21.1 Å². The van der Waals surface area contributed by atoms with Gasteiger partial charge in [0.2, 0.25) is 5.91 Å². The zero-order valence-corrected chi connectivity index (χ0v) is 13.7. The molecule has 2 rings (SSSR count). The number of benzene rings is 1. The third kappa shape index (κ3) is 4.47. The summed E-state index contributed by atoms with van der Waals surface area (Å²) in [5.74, 6) is -1.55. The lowest BCUT2D eigenvalue weighted by Gasteiger charge is -2.30. The molecule has 0 radical (unpaired) electrons. The molecule has 0 heterocycles. The molecule has 0 aromatic heterocycles. The third-order valence-electron chi connectivity index (χ3n) is 4.26. The van der Waals surface area contributed by atoms with E-state index >= 15 is 0 Å². The van der Waals surface area contributed by atoms with E-state index in [9.17, 15) is 14.4 Å². The van der Waals surface area contributed by atoms with Crippen molar-refractivity contribution in [3.63, 3.8) is 0 Å². The number of carboxylic acid groups (broad SMARTS) is 1. The van der Waals surface area contributed by atoms with Gasteiger partial charge in [0.05, 0.1) is 0 Å². The second kappa shape index (κ2) is 7.81. The Bertz CT molecular complexity index is 597. The molecule has 7 nitrogen and oxygen atoms in total. The Morgan fingerprint density at radius 1 is 1.17 bits per heavy atom. The summed E-state index contributed by atoms with van der Waals surface area (Å²) < 4.78 is 0. The standard InChI is InChI=1S/C17H23N3O4/c1-12(14(21)22)19-15(23)17(9-5-6-10-17)20-16(24)18-11-13-7-3-2-4-8-13/h2-4,7-8,12H,5-6,9-11H2,1H3,(H,19,23)(H,21,22)(H2,18,20,24)/t12-/m0/s1. The summed E-state index contributed by atoms with van der Waals surface area (Å²) in [6.45, 7) is 1.76. The first-order chi connectivity index (χ1) is 11.4. The molecule has 7 heteroatoms. The minimum Gasteiger partial charge on any atom is -0.480 e. The average molecular weight is 333 g/mol. The van der Waals surface area contributed by atoms with E-state index in [1.807, 2.05) is 30.3 Å². The van der Waals surface area contributed by atoms with Crippen LogP contribution in [0.5, 0.6) is 0 Å². The fourth-order valence-corrected chi connectivity index (χ4v) is 2.82. The van der Waals surface area contributed by atoms with Gasteiger partial charge in [-0.15, -0.1) is 0 Å². The van der Waals surface area contributed by atoms with Gasteiger partial charge in [-0.25, -0.2) is 4.79 Å². The number of hydrogen-bond donors (Lipinski definition) is 4. The van der Waals surface area contributed by atoms with Gasteiger partial charge in [0, 0.05) is 6.54 Å². The smallest absolute Gasteiger partial charge is 0.325 e. The minimum absolute atomic E-state index is 0.357. The molecule has 0 spiro atoms. The van der Waals surface area contributed by atoms with Crippen LogP contribution in [0.1, 0.15) is 38.2 Å². The second-order valence-corrected chi connectivity index (χ2v) is 6.12. The maximum Gasteiger partial charge on any atom is 0.325 e. The first-order valence-electron chi connectivity index (χ1n) is 8.07. The zero-order chi connectivity index (χ0) is 17.6. The minimum atomic E-state index is -1.11. The van der Waals surface area contributed by atoms with E-state index in [1.54, 1.807) is 0 Å². The van der Waals surface area contributed by atoms with Crippen molar-refractivity contribution < 1.29 is 19.5 Å². The highest BCUT2D eigenvalue weighted by molar-refractivity contribution is 5.93. The van der Waals surface area contributed by atoms with Crippen LogP contribution < -0.4 is 16.0 Å². The van der Waals surface area contributed by atoms with E-state index in [4.69, 9.17) is 5.11 Å². The predicted molar refractivity (Wildman–Crippen MR) is 88.3 cm³/mol. The third-order valence-corrected chi connectivity index (χ3v) is 4.26. The Hall–Kier alpha value is -2.57. The Balaban J connectivity index is 1.95. The van der Waals surface area contributed by atoms with Crippen LogP contribution in [0, 0.1) is 0 Å². The lowest BCUT2D eigenvalue weighted by atomic mass is 9.96. The molecule has 1 saturated carbocycles. The Morgan fingerprint density at radius 3 is 2.38 bits per heavy atom. The second-order valence-electron chi connectivity index (χ2n) is 6.12. The van der Waals surface area contributed by atoms with Gasteiger partial charge in [-0.2, -0.15) is 0 Å².